The Hall–Kier alpha value is -4.34. The molecule has 1 amide bonds. The molecule has 0 aliphatic carbocycles. The molecule has 35 heavy (non-hydrogen) atoms. The van der Waals surface area contributed by atoms with Crippen LogP contribution in [0, 0.1) is 6.92 Å². The van der Waals surface area contributed by atoms with Crippen molar-refractivity contribution in [3.05, 3.63) is 65.2 Å². The number of imidazole rings is 1. The zero-order valence-electron chi connectivity index (χ0n) is 20.2. The van der Waals surface area contributed by atoms with E-state index in [0.717, 1.165) is 46.9 Å². The lowest BCUT2D eigenvalue weighted by Crippen LogP contribution is -2.18. The van der Waals surface area contributed by atoms with Gasteiger partial charge in [-0.15, -0.1) is 10.2 Å². The monoisotopic (exact) mass is 469 g/mol. The molecular formula is C25H27N9O. The van der Waals surface area contributed by atoms with Crippen LogP contribution >= 0.6 is 0 Å². The Morgan fingerprint density at radius 1 is 1.11 bits per heavy atom. The van der Waals surface area contributed by atoms with Gasteiger partial charge in [0.2, 0.25) is 5.82 Å². The average Bonchev–Trinajstić information content (AvgIpc) is 3.61. The highest BCUT2D eigenvalue weighted by atomic mass is 16.1. The number of hydrogen-bond donors (Lipinski definition) is 2. The van der Waals surface area contributed by atoms with Gasteiger partial charge in [-0.2, -0.15) is 5.21 Å². The van der Waals surface area contributed by atoms with E-state index in [0.29, 0.717) is 29.1 Å². The fourth-order valence-electron chi connectivity index (χ4n) is 4.61. The maximum absolute atomic E-state index is 12.3. The third-order valence-corrected chi connectivity index (χ3v) is 6.28. The van der Waals surface area contributed by atoms with E-state index in [1.807, 2.05) is 0 Å². The molecule has 2 N–H and O–H groups in total. The standard InChI is InChI=1S/C25H27N9O/c1-5-20-28-21-18(25(35)26-4)11-12-27-24(21)34(20)14-16-7-9-17(10-8-16)22-19(23-29-31-32-30-23)13-15(3)33(22)6-2/h7-13H,5-6,14H2,1-4H3,(H,26,35)(H,29,30,31,32). The molecule has 10 heteroatoms. The number of hydrogen-bond acceptors (Lipinski definition) is 6. The van der Waals surface area contributed by atoms with E-state index in [9.17, 15) is 4.79 Å². The summed E-state index contributed by atoms with van der Waals surface area (Å²) >= 11 is 0. The largest absolute Gasteiger partial charge is 0.355 e. The normalized spacial score (nSPS) is 11.3. The van der Waals surface area contributed by atoms with Gasteiger partial charge in [0.05, 0.1) is 17.8 Å². The number of aryl methyl sites for hydroxylation is 2. The first kappa shape index (κ1) is 22.5. The van der Waals surface area contributed by atoms with Crippen LogP contribution in [0.15, 0.2) is 42.6 Å². The predicted octanol–water partition coefficient (Wildman–Crippen LogP) is 3.38. The van der Waals surface area contributed by atoms with Crippen molar-refractivity contribution < 1.29 is 4.79 Å². The Bertz CT molecular complexity index is 1490. The van der Waals surface area contributed by atoms with Gasteiger partial charge in [-0.1, -0.05) is 31.2 Å². The Kier molecular flexibility index (Phi) is 5.86. The van der Waals surface area contributed by atoms with Crippen LogP contribution in [0.3, 0.4) is 0 Å². The lowest BCUT2D eigenvalue weighted by molar-refractivity contribution is 0.0964. The fraction of sp³-hybridized carbons (Fsp3) is 0.280. The van der Waals surface area contributed by atoms with Gasteiger partial charge >= 0.3 is 0 Å². The number of fused-ring (bicyclic) bond motifs is 1. The number of rotatable bonds is 7. The van der Waals surface area contributed by atoms with Crippen molar-refractivity contribution in [1.29, 1.82) is 0 Å². The van der Waals surface area contributed by atoms with Crippen molar-refractivity contribution in [2.24, 2.45) is 0 Å². The summed E-state index contributed by atoms with van der Waals surface area (Å²) in [6.45, 7) is 7.71. The van der Waals surface area contributed by atoms with Gasteiger partial charge in [0.15, 0.2) is 5.65 Å². The first-order chi connectivity index (χ1) is 17.0. The quantitative estimate of drug-likeness (QED) is 0.377. The summed E-state index contributed by atoms with van der Waals surface area (Å²) in [5.74, 6) is 1.30. The summed E-state index contributed by atoms with van der Waals surface area (Å²) in [7, 11) is 1.62. The van der Waals surface area contributed by atoms with Gasteiger partial charge in [0.1, 0.15) is 11.3 Å². The second kappa shape index (κ2) is 9.13. The maximum Gasteiger partial charge on any atom is 0.253 e. The minimum absolute atomic E-state index is 0.166. The van der Waals surface area contributed by atoms with Gasteiger partial charge in [-0.05, 0) is 42.3 Å². The van der Waals surface area contributed by atoms with Gasteiger partial charge in [0.25, 0.3) is 5.91 Å². The molecule has 1 aromatic carbocycles. The number of benzene rings is 1. The Morgan fingerprint density at radius 3 is 2.57 bits per heavy atom. The van der Waals surface area contributed by atoms with Crippen LogP contribution in [0.2, 0.25) is 0 Å². The predicted molar refractivity (Wildman–Crippen MR) is 133 cm³/mol. The van der Waals surface area contributed by atoms with Crippen LogP contribution in [0.25, 0.3) is 33.8 Å². The molecule has 0 radical (unpaired) electrons. The number of carbonyl (C=O) groups excluding carboxylic acids is 1. The number of H-pyrrole nitrogens is 1. The average molecular weight is 470 g/mol. The maximum atomic E-state index is 12.3. The van der Waals surface area contributed by atoms with E-state index in [2.05, 4.69) is 91.2 Å². The van der Waals surface area contributed by atoms with Crippen molar-refractivity contribution in [2.75, 3.05) is 7.05 Å². The van der Waals surface area contributed by atoms with Crippen LogP contribution in [0.5, 0.6) is 0 Å². The van der Waals surface area contributed by atoms with Crippen molar-refractivity contribution in [1.82, 2.24) is 45.0 Å². The summed E-state index contributed by atoms with van der Waals surface area (Å²) in [5.41, 5.74) is 7.22. The molecule has 0 saturated heterocycles. The summed E-state index contributed by atoms with van der Waals surface area (Å²) in [6.07, 6.45) is 2.40. The number of tetrazole rings is 1. The molecule has 0 saturated carbocycles. The van der Waals surface area contributed by atoms with Crippen molar-refractivity contribution in [3.8, 4) is 22.6 Å². The van der Waals surface area contributed by atoms with E-state index in [1.54, 1.807) is 19.3 Å². The molecular weight excluding hydrogens is 442 g/mol. The van der Waals surface area contributed by atoms with E-state index >= 15 is 0 Å². The van der Waals surface area contributed by atoms with Crippen LogP contribution in [0.1, 0.15) is 41.3 Å². The number of amides is 1. The number of nitrogens with zero attached hydrogens (tertiary/aromatic N) is 7. The molecule has 0 spiro atoms. The molecule has 0 unspecified atom stereocenters. The van der Waals surface area contributed by atoms with Crippen LogP contribution in [-0.2, 0) is 19.5 Å². The highest BCUT2D eigenvalue weighted by Crippen LogP contribution is 2.33. The smallest absolute Gasteiger partial charge is 0.253 e. The summed E-state index contributed by atoms with van der Waals surface area (Å²) < 4.78 is 4.34. The van der Waals surface area contributed by atoms with E-state index < -0.39 is 0 Å². The van der Waals surface area contributed by atoms with E-state index in [-0.39, 0.29) is 5.91 Å². The topological polar surface area (TPSA) is 119 Å². The van der Waals surface area contributed by atoms with Gasteiger partial charge in [0, 0.05) is 37.5 Å². The highest BCUT2D eigenvalue weighted by Gasteiger charge is 2.20. The summed E-state index contributed by atoms with van der Waals surface area (Å²) in [6, 6.07) is 12.3. The minimum atomic E-state index is -0.166. The zero-order chi connectivity index (χ0) is 24.5. The van der Waals surface area contributed by atoms with Gasteiger partial charge in [-0.25, -0.2) is 9.97 Å². The van der Waals surface area contributed by atoms with E-state index in [4.69, 9.17) is 4.98 Å². The lowest BCUT2D eigenvalue weighted by atomic mass is 10.0. The van der Waals surface area contributed by atoms with Crippen molar-refractivity contribution in [2.45, 2.75) is 40.3 Å². The van der Waals surface area contributed by atoms with Crippen LogP contribution in [-0.4, -0.2) is 52.7 Å². The Balaban J connectivity index is 1.53. The summed E-state index contributed by atoms with van der Waals surface area (Å²) in [4.78, 5) is 21.6. The van der Waals surface area contributed by atoms with Gasteiger partial charge in [-0.3, -0.25) is 4.79 Å². The second-order valence-electron chi connectivity index (χ2n) is 8.30. The number of aromatic amines is 1. The van der Waals surface area contributed by atoms with Crippen LogP contribution < -0.4 is 5.32 Å². The molecule has 0 aliphatic rings. The molecule has 0 aliphatic heterocycles. The first-order valence-corrected chi connectivity index (χ1v) is 11.6. The van der Waals surface area contributed by atoms with Crippen molar-refractivity contribution >= 4 is 17.1 Å². The molecule has 5 rings (SSSR count). The zero-order valence-corrected chi connectivity index (χ0v) is 20.2. The first-order valence-electron chi connectivity index (χ1n) is 11.6. The Labute approximate surface area is 202 Å². The summed E-state index contributed by atoms with van der Waals surface area (Å²) in [5, 5.41) is 17.4. The minimum Gasteiger partial charge on any atom is -0.355 e. The van der Waals surface area contributed by atoms with Crippen molar-refractivity contribution in [3.63, 3.8) is 0 Å². The third-order valence-electron chi connectivity index (χ3n) is 6.28. The molecule has 4 heterocycles. The number of nitrogens with one attached hydrogen (secondary N) is 2. The fourth-order valence-corrected chi connectivity index (χ4v) is 4.61. The van der Waals surface area contributed by atoms with Gasteiger partial charge < -0.3 is 14.5 Å². The second-order valence-corrected chi connectivity index (χ2v) is 8.30. The SMILES string of the molecule is CCc1nc2c(C(=O)NC)ccnc2n1Cc1ccc(-c2c(-c3nn[nH]n3)cc(C)n2CC)cc1. The molecule has 0 fully saturated rings. The third kappa shape index (κ3) is 3.86. The lowest BCUT2D eigenvalue weighted by Gasteiger charge is -2.12. The van der Waals surface area contributed by atoms with E-state index in [1.165, 1.54) is 0 Å². The molecule has 4 aromatic heterocycles. The molecule has 0 bridgehead atoms. The molecule has 178 valence electrons. The van der Waals surface area contributed by atoms with Crippen LogP contribution in [0.4, 0.5) is 0 Å². The Morgan fingerprint density at radius 2 is 1.91 bits per heavy atom. The number of carbonyl (C=O) groups is 1. The molecule has 0 atom stereocenters. The molecule has 5 aromatic rings. The number of pyridine rings is 1. The highest BCUT2D eigenvalue weighted by molar-refractivity contribution is 6.04. The molecule has 10 nitrogen and oxygen atoms in total. The number of aromatic nitrogens is 8.